The minimum Gasteiger partial charge on any atom is -0.491 e. The predicted octanol–water partition coefficient (Wildman–Crippen LogP) is 1.76. The molecule has 0 aliphatic rings. The summed E-state index contributed by atoms with van der Waals surface area (Å²) in [5.41, 5.74) is 0. The molecule has 0 atom stereocenters. The van der Waals surface area contributed by atoms with Gasteiger partial charge in [-0.25, -0.2) is 19.9 Å². The summed E-state index contributed by atoms with van der Waals surface area (Å²) < 4.78 is 5.21. The highest BCUT2D eigenvalue weighted by molar-refractivity contribution is 5.55. The Kier molecular flexibility index (Phi) is 3.66. The average molecular weight is 245 g/mol. The summed E-state index contributed by atoms with van der Waals surface area (Å²) in [7, 11) is 1.59. The molecule has 0 spiro atoms. The van der Waals surface area contributed by atoms with Gasteiger partial charge in [0.2, 0.25) is 0 Å². The lowest BCUT2D eigenvalue weighted by Gasteiger charge is -2.13. The normalized spacial score (nSPS) is 10.4. The number of methoxy groups -OCH3 is 1. The third kappa shape index (κ3) is 2.71. The van der Waals surface area contributed by atoms with Crippen LogP contribution in [0.2, 0.25) is 0 Å². The summed E-state index contributed by atoms with van der Waals surface area (Å²) in [6, 6.07) is 2.00. The first-order chi connectivity index (χ1) is 8.70. The van der Waals surface area contributed by atoms with Crippen LogP contribution in [0, 0.1) is 0 Å². The van der Waals surface area contributed by atoms with Crippen molar-refractivity contribution in [3.8, 4) is 17.4 Å². The zero-order valence-electron chi connectivity index (χ0n) is 10.6. The second kappa shape index (κ2) is 5.39. The lowest BCUT2D eigenvalue weighted by Crippen LogP contribution is -2.13. The van der Waals surface area contributed by atoms with Gasteiger partial charge in [-0.3, -0.25) is 0 Å². The third-order valence-corrected chi connectivity index (χ3v) is 2.17. The molecule has 2 aromatic rings. The highest BCUT2D eigenvalue weighted by Gasteiger charge is 2.11. The minimum atomic E-state index is 0.248. The molecule has 2 rings (SSSR count). The first-order valence-electron chi connectivity index (χ1n) is 5.65. The lowest BCUT2D eigenvalue weighted by molar-refractivity contribution is 0.412. The van der Waals surface area contributed by atoms with E-state index in [4.69, 9.17) is 4.74 Å². The van der Waals surface area contributed by atoms with Crippen LogP contribution in [0.1, 0.15) is 13.8 Å². The Morgan fingerprint density at radius 2 is 1.83 bits per heavy atom. The molecule has 2 heterocycles. The van der Waals surface area contributed by atoms with Gasteiger partial charge in [0.1, 0.15) is 0 Å². The zero-order chi connectivity index (χ0) is 13.0. The van der Waals surface area contributed by atoms with Crippen molar-refractivity contribution in [2.75, 3.05) is 12.4 Å². The van der Waals surface area contributed by atoms with E-state index >= 15 is 0 Å². The highest BCUT2D eigenvalue weighted by Crippen LogP contribution is 2.23. The van der Waals surface area contributed by atoms with E-state index in [2.05, 4.69) is 25.3 Å². The Labute approximate surface area is 105 Å². The molecule has 18 heavy (non-hydrogen) atoms. The molecule has 2 aromatic heterocycles. The smallest absolute Gasteiger partial charge is 0.199 e. The van der Waals surface area contributed by atoms with Gasteiger partial charge in [0.05, 0.1) is 13.3 Å². The van der Waals surface area contributed by atoms with Crippen molar-refractivity contribution >= 4 is 5.82 Å². The summed E-state index contributed by atoms with van der Waals surface area (Å²) in [6.07, 6.45) is 4.93. The van der Waals surface area contributed by atoms with E-state index in [-0.39, 0.29) is 6.04 Å². The fourth-order valence-corrected chi connectivity index (χ4v) is 1.42. The van der Waals surface area contributed by atoms with Crippen molar-refractivity contribution in [2.45, 2.75) is 19.9 Å². The van der Waals surface area contributed by atoms with Gasteiger partial charge in [-0.15, -0.1) is 0 Å². The van der Waals surface area contributed by atoms with Crippen molar-refractivity contribution in [2.24, 2.45) is 0 Å². The summed E-state index contributed by atoms with van der Waals surface area (Å²) >= 11 is 0. The summed E-state index contributed by atoms with van der Waals surface area (Å²) in [5.74, 6) is 2.21. The Morgan fingerprint density at radius 1 is 1.11 bits per heavy atom. The van der Waals surface area contributed by atoms with Crippen LogP contribution in [-0.4, -0.2) is 33.1 Å². The monoisotopic (exact) mass is 245 g/mol. The Morgan fingerprint density at radius 3 is 2.44 bits per heavy atom. The summed E-state index contributed by atoms with van der Waals surface area (Å²) in [6.45, 7) is 4.06. The van der Waals surface area contributed by atoms with Crippen molar-refractivity contribution in [1.29, 1.82) is 0 Å². The van der Waals surface area contributed by atoms with Gasteiger partial charge in [0.15, 0.2) is 23.2 Å². The molecule has 0 aliphatic heterocycles. The van der Waals surface area contributed by atoms with Gasteiger partial charge in [-0.05, 0) is 19.9 Å². The number of hydrogen-bond acceptors (Lipinski definition) is 6. The van der Waals surface area contributed by atoms with Gasteiger partial charge < -0.3 is 10.1 Å². The number of hydrogen-bond donors (Lipinski definition) is 1. The molecule has 6 heteroatoms. The fraction of sp³-hybridized carbons (Fsp3) is 0.333. The second-order valence-electron chi connectivity index (χ2n) is 3.98. The molecule has 0 saturated carbocycles. The highest BCUT2D eigenvalue weighted by atomic mass is 16.5. The molecule has 0 unspecified atom stereocenters. The number of ether oxygens (including phenoxy) is 1. The molecule has 1 N–H and O–H groups in total. The number of anilines is 1. The van der Waals surface area contributed by atoms with Crippen LogP contribution in [0.3, 0.4) is 0 Å². The molecule has 0 aliphatic carbocycles. The van der Waals surface area contributed by atoms with Gasteiger partial charge >= 0.3 is 0 Å². The maximum absolute atomic E-state index is 5.21. The Bertz CT molecular complexity index is 515. The molecular weight excluding hydrogens is 230 g/mol. The fourth-order valence-electron chi connectivity index (χ4n) is 1.42. The van der Waals surface area contributed by atoms with Crippen molar-refractivity contribution < 1.29 is 4.74 Å². The third-order valence-electron chi connectivity index (χ3n) is 2.17. The predicted molar refractivity (Wildman–Crippen MR) is 68.4 cm³/mol. The van der Waals surface area contributed by atoms with E-state index < -0.39 is 0 Å². The number of nitrogens with one attached hydrogen (secondary N) is 1. The van der Waals surface area contributed by atoms with Crippen LogP contribution < -0.4 is 10.1 Å². The quantitative estimate of drug-likeness (QED) is 0.884. The molecule has 0 aromatic carbocycles. The standard InChI is InChI=1S/C12H15N5O/c1-8(2)16-10-9(18-3)7-15-12(17-10)11-13-5-4-6-14-11/h4-8H,1-3H3,(H,15,16,17). The van der Waals surface area contributed by atoms with E-state index in [1.54, 1.807) is 31.8 Å². The van der Waals surface area contributed by atoms with Crippen LogP contribution in [0.5, 0.6) is 5.75 Å². The lowest BCUT2D eigenvalue weighted by atomic mass is 10.3. The van der Waals surface area contributed by atoms with E-state index in [1.165, 1.54) is 0 Å². The maximum atomic E-state index is 5.21. The van der Waals surface area contributed by atoms with Crippen LogP contribution in [0.4, 0.5) is 5.82 Å². The van der Waals surface area contributed by atoms with Crippen LogP contribution in [-0.2, 0) is 0 Å². The maximum Gasteiger partial charge on any atom is 0.199 e. The summed E-state index contributed by atoms with van der Waals surface area (Å²) in [5, 5.41) is 3.20. The molecular formula is C12H15N5O. The SMILES string of the molecule is COc1cnc(-c2ncccn2)nc1NC(C)C. The second-order valence-corrected chi connectivity index (χ2v) is 3.98. The van der Waals surface area contributed by atoms with Crippen molar-refractivity contribution in [3.63, 3.8) is 0 Å². The van der Waals surface area contributed by atoms with Crippen molar-refractivity contribution in [1.82, 2.24) is 19.9 Å². The van der Waals surface area contributed by atoms with Gasteiger partial charge in [-0.2, -0.15) is 0 Å². The van der Waals surface area contributed by atoms with Gasteiger partial charge in [0.25, 0.3) is 0 Å². The minimum absolute atomic E-state index is 0.248. The molecule has 94 valence electrons. The molecule has 0 bridgehead atoms. The van der Waals surface area contributed by atoms with Crippen LogP contribution >= 0.6 is 0 Å². The largest absolute Gasteiger partial charge is 0.491 e. The Balaban J connectivity index is 2.39. The van der Waals surface area contributed by atoms with Crippen LogP contribution in [0.15, 0.2) is 24.7 Å². The van der Waals surface area contributed by atoms with E-state index in [0.717, 1.165) is 0 Å². The zero-order valence-corrected chi connectivity index (χ0v) is 10.6. The van der Waals surface area contributed by atoms with E-state index in [1.807, 2.05) is 13.8 Å². The Hall–Kier alpha value is -2.24. The van der Waals surface area contributed by atoms with Gasteiger partial charge in [0, 0.05) is 18.4 Å². The topological polar surface area (TPSA) is 72.8 Å². The van der Waals surface area contributed by atoms with Gasteiger partial charge in [-0.1, -0.05) is 0 Å². The number of nitrogens with zero attached hydrogens (tertiary/aromatic N) is 4. The number of rotatable bonds is 4. The van der Waals surface area contributed by atoms with E-state index in [9.17, 15) is 0 Å². The molecule has 0 fully saturated rings. The first kappa shape index (κ1) is 12.2. The molecule has 0 saturated heterocycles. The number of aromatic nitrogens is 4. The van der Waals surface area contributed by atoms with Crippen molar-refractivity contribution in [3.05, 3.63) is 24.7 Å². The average Bonchev–Trinajstić information content (AvgIpc) is 2.39. The first-order valence-corrected chi connectivity index (χ1v) is 5.65. The van der Waals surface area contributed by atoms with E-state index in [0.29, 0.717) is 23.2 Å². The molecule has 6 nitrogen and oxygen atoms in total. The molecule has 0 amide bonds. The summed E-state index contributed by atoms with van der Waals surface area (Å²) in [4.78, 5) is 16.8. The molecule has 0 radical (unpaired) electrons. The van der Waals surface area contributed by atoms with Crippen LogP contribution in [0.25, 0.3) is 11.6 Å².